The number of allylic oxidation sites excluding steroid dienone is 1. The number of alkyl carbamates (subject to hydrolysis) is 1. The highest BCUT2D eigenvalue weighted by Gasteiger charge is 2.23. The fourth-order valence-corrected chi connectivity index (χ4v) is 2.62. The molecule has 0 saturated carbocycles. The number of methoxy groups -OCH3 is 1. The van der Waals surface area contributed by atoms with Gasteiger partial charge in [-0.3, -0.25) is 0 Å². The lowest BCUT2D eigenvalue weighted by Crippen LogP contribution is -2.36. The zero-order chi connectivity index (χ0) is 13.9. The van der Waals surface area contributed by atoms with Crippen LogP contribution >= 0.6 is 0 Å². The van der Waals surface area contributed by atoms with E-state index in [9.17, 15) is 4.79 Å². The maximum atomic E-state index is 11.4. The van der Waals surface area contributed by atoms with Gasteiger partial charge in [-0.05, 0) is 42.5 Å². The van der Waals surface area contributed by atoms with Gasteiger partial charge >= 0.3 is 6.09 Å². The van der Waals surface area contributed by atoms with Crippen molar-refractivity contribution in [3.8, 4) is 11.5 Å². The number of ether oxygens (including phenoxy) is 3. The maximum Gasteiger partial charge on any atom is 0.407 e. The van der Waals surface area contributed by atoms with Crippen molar-refractivity contribution in [2.75, 3.05) is 13.9 Å². The Morgan fingerprint density at radius 2 is 2.20 bits per heavy atom. The highest BCUT2D eigenvalue weighted by Crippen LogP contribution is 2.36. The summed E-state index contributed by atoms with van der Waals surface area (Å²) in [6, 6.07) is 5.85. The van der Waals surface area contributed by atoms with Gasteiger partial charge in [0.05, 0.1) is 13.2 Å². The SMILES string of the molecule is COC(=O)NC1CCCC=C1c1ccc2c(c1)OCO2. The van der Waals surface area contributed by atoms with Crippen LogP contribution in [0.2, 0.25) is 0 Å². The molecule has 5 heteroatoms. The van der Waals surface area contributed by atoms with E-state index in [1.165, 1.54) is 7.11 Å². The average molecular weight is 275 g/mol. The fraction of sp³-hybridized carbons (Fsp3) is 0.400. The Balaban J connectivity index is 1.86. The molecular weight excluding hydrogens is 258 g/mol. The van der Waals surface area contributed by atoms with E-state index < -0.39 is 6.09 Å². The van der Waals surface area contributed by atoms with Crippen LogP contribution in [0.15, 0.2) is 24.3 Å². The molecule has 2 aliphatic rings. The Labute approximate surface area is 117 Å². The predicted octanol–water partition coefficient (Wildman–Crippen LogP) is 2.71. The highest BCUT2D eigenvalue weighted by atomic mass is 16.7. The highest BCUT2D eigenvalue weighted by molar-refractivity contribution is 5.77. The first kappa shape index (κ1) is 12.8. The van der Waals surface area contributed by atoms with E-state index in [1.807, 2.05) is 18.2 Å². The first-order valence-electron chi connectivity index (χ1n) is 6.72. The molecule has 1 amide bonds. The minimum atomic E-state index is -0.399. The lowest BCUT2D eigenvalue weighted by atomic mass is 9.89. The van der Waals surface area contributed by atoms with Gasteiger partial charge in [-0.15, -0.1) is 0 Å². The Kier molecular flexibility index (Phi) is 3.50. The standard InChI is InChI=1S/C15H17NO4/c1-18-15(17)16-12-5-3-2-4-11(12)10-6-7-13-14(8-10)20-9-19-13/h4,6-8,12H,2-3,5,9H2,1H3,(H,16,17). The van der Waals surface area contributed by atoms with E-state index >= 15 is 0 Å². The molecule has 1 aliphatic carbocycles. The zero-order valence-electron chi connectivity index (χ0n) is 11.3. The molecule has 106 valence electrons. The van der Waals surface area contributed by atoms with Gasteiger partial charge < -0.3 is 19.5 Å². The van der Waals surface area contributed by atoms with Crippen molar-refractivity contribution in [1.82, 2.24) is 5.32 Å². The zero-order valence-corrected chi connectivity index (χ0v) is 11.3. The van der Waals surface area contributed by atoms with E-state index in [-0.39, 0.29) is 12.8 Å². The third-order valence-electron chi connectivity index (χ3n) is 3.62. The molecule has 1 N–H and O–H groups in total. The molecule has 1 atom stereocenters. The van der Waals surface area contributed by atoms with Gasteiger partial charge in [0, 0.05) is 0 Å². The topological polar surface area (TPSA) is 56.8 Å². The van der Waals surface area contributed by atoms with Crippen LogP contribution in [0.5, 0.6) is 11.5 Å². The van der Waals surface area contributed by atoms with Gasteiger partial charge in [0.15, 0.2) is 11.5 Å². The average Bonchev–Trinajstić information content (AvgIpc) is 2.95. The summed E-state index contributed by atoms with van der Waals surface area (Å²) >= 11 is 0. The second-order valence-corrected chi connectivity index (χ2v) is 4.85. The van der Waals surface area contributed by atoms with Gasteiger partial charge in [0.2, 0.25) is 6.79 Å². The van der Waals surface area contributed by atoms with Gasteiger partial charge in [-0.1, -0.05) is 12.1 Å². The summed E-state index contributed by atoms with van der Waals surface area (Å²) in [7, 11) is 1.38. The number of benzene rings is 1. The first-order chi connectivity index (χ1) is 9.78. The number of amides is 1. The van der Waals surface area contributed by atoms with Crippen LogP contribution in [0.3, 0.4) is 0 Å². The smallest absolute Gasteiger partial charge is 0.407 e. The molecular formula is C15H17NO4. The fourth-order valence-electron chi connectivity index (χ4n) is 2.62. The van der Waals surface area contributed by atoms with Crippen LogP contribution in [0, 0.1) is 0 Å². The van der Waals surface area contributed by atoms with Gasteiger partial charge in [0.25, 0.3) is 0 Å². The van der Waals surface area contributed by atoms with E-state index in [0.29, 0.717) is 0 Å². The third kappa shape index (κ3) is 2.43. The lowest BCUT2D eigenvalue weighted by molar-refractivity contribution is 0.168. The van der Waals surface area contributed by atoms with Gasteiger partial charge in [-0.2, -0.15) is 0 Å². The van der Waals surface area contributed by atoms with Crippen LogP contribution < -0.4 is 14.8 Å². The maximum absolute atomic E-state index is 11.4. The van der Waals surface area contributed by atoms with Gasteiger partial charge in [-0.25, -0.2) is 4.79 Å². The first-order valence-corrected chi connectivity index (χ1v) is 6.72. The van der Waals surface area contributed by atoms with Gasteiger partial charge in [0.1, 0.15) is 0 Å². The summed E-state index contributed by atoms with van der Waals surface area (Å²) in [6.07, 6.45) is 4.76. The molecule has 0 spiro atoms. The number of fused-ring (bicyclic) bond motifs is 1. The van der Waals surface area contributed by atoms with Crippen molar-refractivity contribution in [3.63, 3.8) is 0 Å². The lowest BCUT2D eigenvalue weighted by Gasteiger charge is -2.25. The van der Waals surface area contributed by atoms with E-state index in [4.69, 9.17) is 9.47 Å². The number of hydrogen-bond acceptors (Lipinski definition) is 4. The summed E-state index contributed by atoms with van der Waals surface area (Å²) in [5, 5.41) is 2.88. The molecule has 0 bridgehead atoms. The summed E-state index contributed by atoms with van der Waals surface area (Å²) in [4.78, 5) is 11.4. The Morgan fingerprint density at radius 1 is 1.35 bits per heavy atom. The largest absolute Gasteiger partial charge is 0.454 e. The molecule has 1 aromatic rings. The van der Waals surface area contributed by atoms with E-state index in [2.05, 4.69) is 16.1 Å². The number of carbonyl (C=O) groups excluding carboxylic acids is 1. The van der Waals surface area contributed by atoms with Crippen molar-refractivity contribution in [3.05, 3.63) is 29.8 Å². The Hall–Kier alpha value is -2.17. The minimum Gasteiger partial charge on any atom is -0.454 e. The molecule has 0 radical (unpaired) electrons. The van der Waals surface area contributed by atoms with Crippen LogP contribution in [-0.2, 0) is 4.74 Å². The predicted molar refractivity (Wildman–Crippen MR) is 73.7 cm³/mol. The van der Waals surface area contributed by atoms with Crippen molar-refractivity contribution < 1.29 is 19.0 Å². The van der Waals surface area contributed by atoms with Crippen LogP contribution in [0.1, 0.15) is 24.8 Å². The Bertz CT molecular complexity index is 553. The number of rotatable bonds is 2. The molecule has 0 fully saturated rings. The third-order valence-corrected chi connectivity index (χ3v) is 3.62. The van der Waals surface area contributed by atoms with E-state index in [1.54, 1.807) is 0 Å². The summed E-state index contributed by atoms with van der Waals surface area (Å²) in [5.74, 6) is 1.52. The molecule has 1 unspecified atom stereocenters. The summed E-state index contributed by atoms with van der Waals surface area (Å²) in [6.45, 7) is 0.266. The molecule has 20 heavy (non-hydrogen) atoms. The van der Waals surface area contributed by atoms with Crippen molar-refractivity contribution >= 4 is 11.7 Å². The van der Waals surface area contributed by atoms with Crippen molar-refractivity contribution in [1.29, 1.82) is 0 Å². The molecule has 5 nitrogen and oxygen atoms in total. The second kappa shape index (κ2) is 5.45. The summed E-state index contributed by atoms with van der Waals surface area (Å²) < 4.78 is 15.4. The normalized spacial score (nSPS) is 20.2. The molecule has 1 heterocycles. The second-order valence-electron chi connectivity index (χ2n) is 4.85. The number of hydrogen-bond donors (Lipinski definition) is 1. The number of carbonyl (C=O) groups is 1. The molecule has 0 aromatic heterocycles. The van der Waals surface area contributed by atoms with E-state index in [0.717, 1.165) is 41.9 Å². The molecule has 1 aromatic carbocycles. The quantitative estimate of drug-likeness (QED) is 0.901. The summed E-state index contributed by atoms with van der Waals surface area (Å²) in [5.41, 5.74) is 2.16. The minimum absolute atomic E-state index is 0.0171. The Morgan fingerprint density at radius 3 is 3.05 bits per heavy atom. The van der Waals surface area contributed by atoms with Crippen molar-refractivity contribution in [2.45, 2.75) is 25.3 Å². The van der Waals surface area contributed by atoms with Crippen LogP contribution in [0.4, 0.5) is 4.79 Å². The van der Waals surface area contributed by atoms with Crippen LogP contribution in [-0.4, -0.2) is 26.0 Å². The van der Waals surface area contributed by atoms with Crippen LogP contribution in [0.25, 0.3) is 5.57 Å². The van der Waals surface area contributed by atoms with Crippen molar-refractivity contribution in [2.24, 2.45) is 0 Å². The number of nitrogens with one attached hydrogen (secondary N) is 1. The monoisotopic (exact) mass is 275 g/mol. The molecule has 3 rings (SSSR count). The molecule has 0 saturated heterocycles. The molecule has 1 aliphatic heterocycles.